The summed E-state index contributed by atoms with van der Waals surface area (Å²) < 4.78 is 39.5. The largest absolute Gasteiger partial charge is 0.497 e. The van der Waals surface area contributed by atoms with E-state index in [0.29, 0.717) is 23.3 Å². The fourth-order valence-corrected chi connectivity index (χ4v) is 6.51. The number of aromatic nitrogens is 1. The second kappa shape index (κ2) is 12.4. The molecule has 0 saturated carbocycles. The number of nitrogens with one attached hydrogen (secondary N) is 2. The molecule has 1 saturated heterocycles. The highest BCUT2D eigenvalue weighted by atomic mass is 32.2. The molecule has 216 valence electrons. The standard InChI is InChI=1S/C28H36N4O7S/c1-17(2)11-21(31-27(34)25-14-19-13-20(38-4)8-9-24(19)39-25)28(35)32(22-12-18(3)15-29-16-23(22)33)40(36,37)26-7-5-6-10-30-26/h5-10,13-14,17-18,21-23,29,33H,11-12,15-16H2,1-4H3,(H,31,34)/t18-,21+,22-,23-/m1/s1. The van der Waals surface area contributed by atoms with E-state index in [1.807, 2.05) is 20.8 Å². The molecule has 3 aromatic rings. The van der Waals surface area contributed by atoms with Crippen LogP contribution in [0.1, 0.15) is 44.2 Å². The number of methoxy groups -OCH3 is 1. The van der Waals surface area contributed by atoms with Crippen LogP contribution in [0.5, 0.6) is 5.75 Å². The third kappa shape index (κ3) is 6.45. The minimum atomic E-state index is -4.49. The molecular formula is C28H36N4O7S. The topological polar surface area (TPSA) is 151 Å². The molecule has 0 aliphatic carbocycles. The molecule has 0 bridgehead atoms. The number of nitrogens with zero attached hydrogens (tertiary/aromatic N) is 2. The number of hydrogen-bond donors (Lipinski definition) is 3. The van der Waals surface area contributed by atoms with Gasteiger partial charge in [0.1, 0.15) is 17.4 Å². The van der Waals surface area contributed by atoms with Crippen LogP contribution in [0.15, 0.2) is 58.1 Å². The number of fused-ring (bicyclic) bond motifs is 1. The fourth-order valence-electron chi connectivity index (χ4n) is 4.92. The molecule has 0 spiro atoms. The Labute approximate surface area is 234 Å². The van der Waals surface area contributed by atoms with Crippen molar-refractivity contribution in [3.63, 3.8) is 0 Å². The lowest BCUT2D eigenvalue weighted by atomic mass is 9.98. The van der Waals surface area contributed by atoms with E-state index < -0.39 is 40.0 Å². The van der Waals surface area contributed by atoms with Crippen LogP contribution in [-0.2, 0) is 14.8 Å². The van der Waals surface area contributed by atoms with Gasteiger partial charge in [0.05, 0.1) is 19.3 Å². The third-order valence-electron chi connectivity index (χ3n) is 6.87. The van der Waals surface area contributed by atoms with E-state index >= 15 is 0 Å². The number of carbonyl (C=O) groups excluding carboxylic acids is 2. The lowest BCUT2D eigenvalue weighted by molar-refractivity contribution is -0.132. The summed E-state index contributed by atoms with van der Waals surface area (Å²) in [5.41, 5.74) is 0.458. The van der Waals surface area contributed by atoms with Crippen LogP contribution < -0.4 is 15.4 Å². The Morgan fingerprint density at radius 3 is 2.67 bits per heavy atom. The average molecular weight is 573 g/mol. The molecule has 2 amide bonds. The first-order chi connectivity index (χ1) is 19.0. The zero-order chi connectivity index (χ0) is 29.0. The molecule has 3 N–H and O–H groups in total. The first kappa shape index (κ1) is 29.5. The van der Waals surface area contributed by atoms with Gasteiger partial charge in [-0.05, 0) is 67.6 Å². The number of sulfonamides is 1. The number of furan rings is 1. The summed E-state index contributed by atoms with van der Waals surface area (Å²) in [4.78, 5) is 31.5. The van der Waals surface area contributed by atoms with Crippen LogP contribution in [-0.4, -0.2) is 73.0 Å². The van der Waals surface area contributed by atoms with Crippen molar-refractivity contribution < 1.29 is 32.3 Å². The lowest BCUT2D eigenvalue weighted by Crippen LogP contribution is -2.58. The maximum absolute atomic E-state index is 14.2. The van der Waals surface area contributed by atoms with Gasteiger partial charge in [-0.3, -0.25) is 9.59 Å². The zero-order valence-corrected chi connectivity index (χ0v) is 23.8. The number of benzene rings is 1. The Hall–Kier alpha value is -3.48. The van der Waals surface area contributed by atoms with Gasteiger partial charge in [-0.1, -0.05) is 26.8 Å². The maximum atomic E-state index is 14.2. The molecule has 11 nitrogen and oxygen atoms in total. The van der Waals surface area contributed by atoms with E-state index in [0.717, 1.165) is 4.31 Å². The number of rotatable bonds is 9. The molecule has 3 heterocycles. The van der Waals surface area contributed by atoms with Gasteiger partial charge in [0.15, 0.2) is 10.8 Å². The molecule has 0 unspecified atom stereocenters. The van der Waals surface area contributed by atoms with Crippen LogP contribution in [0.3, 0.4) is 0 Å². The van der Waals surface area contributed by atoms with E-state index in [4.69, 9.17) is 9.15 Å². The van der Waals surface area contributed by atoms with Crippen LogP contribution in [0.2, 0.25) is 0 Å². The molecule has 1 aliphatic rings. The van der Waals surface area contributed by atoms with Crippen molar-refractivity contribution in [2.45, 2.75) is 56.8 Å². The van der Waals surface area contributed by atoms with Crippen molar-refractivity contribution in [2.24, 2.45) is 11.8 Å². The summed E-state index contributed by atoms with van der Waals surface area (Å²) in [6.07, 6.45) is 0.560. The molecule has 2 aromatic heterocycles. The summed E-state index contributed by atoms with van der Waals surface area (Å²) in [5.74, 6) is -1.05. The van der Waals surface area contributed by atoms with Crippen molar-refractivity contribution >= 4 is 32.8 Å². The van der Waals surface area contributed by atoms with Gasteiger partial charge in [-0.2, -0.15) is 8.42 Å². The second-order valence-corrected chi connectivity index (χ2v) is 12.4. The van der Waals surface area contributed by atoms with Gasteiger partial charge in [0, 0.05) is 18.1 Å². The Morgan fingerprint density at radius 2 is 2.00 bits per heavy atom. The zero-order valence-electron chi connectivity index (χ0n) is 23.0. The van der Waals surface area contributed by atoms with Gasteiger partial charge < -0.3 is 24.9 Å². The van der Waals surface area contributed by atoms with Gasteiger partial charge >= 0.3 is 0 Å². The maximum Gasteiger partial charge on any atom is 0.287 e. The van der Waals surface area contributed by atoms with Gasteiger partial charge in [-0.15, -0.1) is 0 Å². The van der Waals surface area contributed by atoms with Crippen molar-refractivity contribution in [2.75, 3.05) is 20.2 Å². The summed E-state index contributed by atoms with van der Waals surface area (Å²) in [6.45, 7) is 6.31. The second-order valence-electron chi connectivity index (χ2n) is 10.6. The van der Waals surface area contributed by atoms with E-state index in [1.54, 1.807) is 24.3 Å². The number of hydrogen-bond acceptors (Lipinski definition) is 9. The van der Waals surface area contributed by atoms with Crippen LogP contribution in [0, 0.1) is 11.8 Å². The molecule has 4 rings (SSSR count). The highest BCUT2D eigenvalue weighted by Crippen LogP contribution is 2.28. The van der Waals surface area contributed by atoms with Gasteiger partial charge in [-0.25, -0.2) is 9.29 Å². The Balaban J connectivity index is 1.72. The number of aliphatic hydroxyl groups excluding tert-OH is 1. The highest BCUT2D eigenvalue weighted by molar-refractivity contribution is 7.89. The number of pyridine rings is 1. The first-order valence-corrected chi connectivity index (χ1v) is 14.7. The lowest BCUT2D eigenvalue weighted by Gasteiger charge is -2.36. The van der Waals surface area contributed by atoms with Gasteiger partial charge in [0.2, 0.25) is 0 Å². The summed E-state index contributed by atoms with van der Waals surface area (Å²) >= 11 is 0. The number of carbonyl (C=O) groups is 2. The number of aliphatic hydroxyl groups is 1. The van der Waals surface area contributed by atoms with E-state index in [-0.39, 0.29) is 42.0 Å². The molecular weight excluding hydrogens is 536 g/mol. The quantitative estimate of drug-likeness (QED) is 0.351. The monoisotopic (exact) mass is 572 g/mol. The fraction of sp³-hybridized carbons (Fsp3) is 0.464. The molecule has 40 heavy (non-hydrogen) atoms. The molecule has 1 aliphatic heterocycles. The SMILES string of the molecule is COc1ccc2oc(C(=O)N[C@@H](CC(C)C)C(=O)N([C@@H]3C[C@@H](C)CNC[C@H]3O)S(=O)(=O)c3ccccn3)cc2c1. The summed E-state index contributed by atoms with van der Waals surface area (Å²) in [5, 5.41) is 17.1. The molecule has 4 atom stereocenters. The first-order valence-electron chi connectivity index (χ1n) is 13.3. The number of amides is 2. The van der Waals surface area contributed by atoms with E-state index in [9.17, 15) is 23.1 Å². The van der Waals surface area contributed by atoms with E-state index in [2.05, 4.69) is 15.6 Å². The highest BCUT2D eigenvalue weighted by Gasteiger charge is 2.44. The average Bonchev–Trinajstić information content (AvgIpc) is 3.28. The number of β-amino-alcohol motifs (C(OH)–C–C–N with tert-alkyl or cyclic N) is 1. The van der Waals surface area contributed by atoms with Crippen molar-refractivity contribution in [3.8, 4) is 5.75 Å². The van der Waals surface area contributed by atoms with Crippen molar-refractivity contribution in [1.82, 2.24) is 19.9 Å². The van der Waals surface area contributed by atoms with Gasteiger partial charge in [0.25, 0.3) is 21.8 Å². The molecule has 1 aromatic carbocycles. The Bertz CT molecular complexity index is 1440. The van der Waals surface area contributed by atoms with Crippen LogP contribution >= 0.6 is 0 Å². The number of ether oxygens (including phenoxy) is 1. The molecule has 1 fully saturated rings. The minimum Gasteiger partial charge on any atom is -0.497 e. The van der Waals surface area contributed by atoms with Crippen LogP contribution in [0.4, 0.5) is 0 Å². The predicted octanol–water partition coefficient (Wildman–Crippen LogP) is 2.56. The normalized spacial score (nSPS) is 20.6. The smallest absolute Gasteiger partial charge is 0.287 e. The van der Waals surface area contributed by atoms with E-state index in [1.165, 1.54) is 31.5 Å². The van der Waals surface area contributed by atoms with Crippen molar-refractivity contribution in [3.05, 3.63) is 54.4 Å². The third-order valence-corrected chi connectivity index (χ3v) is 8.61. The van der Waals surface area contributed by atoms with Crippen molar-refractivity contribution in [1.29, 1.82) is 0 Å². The summed E-state index contributed by atoms with van der Waals surface area (Å²) in [7, 11) is -2.95. The summed E-state index contributed by atoms with van der Waals surface area (Å²) in [6, 6.07) is 8.74. The Kier molecular flexibility index (Phi) is 9.12. The minimum absolute atomic E-state index is 0.0259. The Morgan fingerprint density at radius 1 is 1.23 bits per heavy atom. The predicted molar refractivity (Wildman–Crippen MR) is 148 cm³/mol. The van der Waals surface area contributed by atoms with Crippen LogP contribution in [0.25, 0.3) is 11.0 Å². The molecule has 0 radical (unpaired) electrons. The molecule has 12 heteroatoms.